The number of nitrogens with zero attached hydrogens (tertiary/aromatic N) is 1. The topological polar surface area (TPSA) is 49.4 Å². The van der Waals surface area contributed by atoms with E-state index in [1.807, 2.05) is 30.3 Å². The molecular weight excluding hydrogens is 276 g/mol. The predicted molar refractivity (Wildman–Crippen MR) is 88.7 cm³/mol. The summed E-state index contributed by atoms with van der Waals surface area (Å²) >= 11 is 0. The zero-order valence-corrected chi connectivity index (χ0v) is 13.4. The third-order valence-electron chi connectivity index (χ3n) is 4.28. The van der Waals surface area contributed by atoms with E-state index in [9.17, 15) is 9.59 Å². The van der Waals surface area contributed by atoms with Crippen LogP contribution in [0.5, 0.6) is 0 Å². The van der Waals surface area contributed by atoms with Gasteiger partial charge >= 0.3 is 0 Å². The maximum Gasteiger partial charge on any atom is 0.226 e. The monoisotopic (exact) mass is 302 g/mol. The van der Waals surface area contributed by atoms with Gasteiger partial charge in [0.05, 0.1) is 0 Å². The van der Waals surface area contributed by atoms with Gasteiger partial charge in [-0.1, -0.05) is 37.5 Å². The SMILES string of the molecule is CN(C(=O)CCCC(=O)NC1CCCCC1)c1ccccc1. The molecule has 120 valence electrons. The van der Waals surface area contributed by atoms with Gasteiger partial charge in [-0.2, -0.15) is 0 Å². The number of amides is 2. The lowest BCUT2D eigenvalue weighted by Gasteiger charge is -2.22. The molecule has 1 saturated carbocycles. The number of hydrogen-bond acceptors (Lipinski definition) is 2. The molecule has 4 nitrogen and oxygen atoms in total. The Labute approximate surface area is 132 Å². The summed E-state index contributed by atoms with van der Waals surface area (Å²) < 4.78 is 0. The van der Waals surface area contributed by atoms with Gasteiger partial charge in [-0.3, -0.25) is 9.59 Å². The number of carbonyl (C=O) groups excluding carboxylic acids is 2. The van der Waals surface area contributed by atoms with Gasteiger partial charge in [-0.05, 0) is 31.4 Å². The molecule has 0 spiro atoms. The van der Waals surface area contributed by atoms with Crippen LogP contribution < -0.4 is 10.2 Å². The van der Waals surface area contributed by atoms with Gasteiger partial charge in [0.15, 0.2) is 0 Å². The summed E-state index contributed by atoms with van der Waals surface area (Å²) in [5.74, 6) is 0.138. The zero-order valence-electron chi connectivity index (χ0n) is 13.4. The molecule has 1 aliphatic carbocycles. The summed E-state index contributed by atoms with van der Waals surface area (Å²) in [5.41, 5.74) is 0.888. The second-order valence-electron chi connectivity index (χ2n) is 6.04. The molecule has 0 aromatic heterocycles. The molecule has 1 N–H and O–H groups in total. The zero-order chi connectivity index (χ0) is 15.8. The first kappa shape index (κ1) is 16.5. The first-order valence-corrected chi connectivity index (χ1v) is 8.28. The molecule has 4 heteroatoms. The second-order valence-corrected chi connectivity index (χ2v) is 6.04. The van der Waals surface area contributed by atoms with Crippen LogP contribution in [0, 0.1) is 0 Å². The van der Waals surface area contributed by atoms with E-state index in [4.69, 9.17) is 0 Å². The number of benzene rings is 1. The fourth-order valence-electron chi connectivity index (χ4n) is 2.91. The van der Waals surface area contributed by atoms with Crippen molar-refractivity contribution in [3.8, 4) is 0 Å². The van der Waals surface area contributed by atoms with Crippen LogP contribution in [0.15, 0.2) is 30.3 Å². The minimum Gasteiger partial charge on any atom is -0.353 e. The van der Waals surface area contributed by atoms with E-state index in [1.54, 1.807) is 11.9 Å². The third-order valence-corrected chi connectivity index (χ3v) is 4.28. The van der Waals surface area contributed by atoms with Gasteiger partial charge in [0, 0.05) is 31.6 Å². The molecule has 1 fully saturated rings. The summed E-state index contributed by atoms with van der Waals surface area (Å²) in [6, 6.07) is 9.93. The first-order chi connectivity index (χ1) is 10.7. The Morgan fingerprint density at radius 2 is 1.77 bits per heavy atom. The van der Waals surface area contributed by atoms with Gasteiger partial charge in [0.2, 0.25) is 11.8 Å². The maximum atomic E-state index is 12.1. The Morgan fingerprint density at radius 1 is 1.09 bits per heavy atom. The number of hydrogen-bond donors (Lipinski definition) is 1. The Balaban J connectivity index is 1.67. The van der Waals surface area contributed by atoms with E-state index in [1.165, 1.54) is 19.3 Å². The highest BCUT2D eigenvalue weighted by molar-refractivity contribution is 5.92. The fourth-order valence-corrected chi connectivity index (χ4v) is 2.91. The van der Waals surface area contributed by atoms with E-state index in [2.05, 4.69) is 5.32 Å². The van der Waals surface area contributed by atoms with Gasteiger partial charge < -0.3 is 10.2 Å². The average Bonchev–Trinajstić information content (AvgIpc) is 2.55. The van der Waals surface area contributed by atoms with E-state index in [0.717, 1.165) is 18.5 Å². The average molecular weight is 302 g/mol. The van der Waals surface area contributed by atoms with Gasteiger partial charge in [-0.25, -0.2) is 0 Å². The Hall–Kier alpha value is -1.84. The third kappa shape index (κ3) is 5.17. The molecular formula is C18H26N2O2. The Kier molecular flexibility index (Phi) is 6.44. The second kappa shape index (κ2) is 8.57. The lowest BCUT2D eigenvalue weighted by molar-refractivity contribution is -0.122. The van der Waals surface area contributed by atoms with E-state index >= 15 is 0 Å². The van der Waals surface area contributed by atoms with Crippen LogP contribution in [0.1, 0.15) is 51.4 Å². The number of carbonyl (C=O) groups is 2. The highest BCUT2D eigenvalue weighted by atomic mass is 16.2. The summed E-state index contributed by atoms with van der Waals surface area (Å²) in [7, 11) is 1.78. The predicted octanol–water partition coefficient (Wildman–Crippen LogP) is 3.27. The van der Waals surface area contributed by atoms with Crippen LogP contribution in [-0.2, 0) is 9.59 Å². The van der Waals surface area contributed by atoms with Crippen molar-refractivity contribution in [1.29, 1.82) is 0 Å². The molecule has 1 aromatic rings. The molecule has 2 rings (SSSR count). The van der Waals surface area contributed by atoms with Crippen molar-refractivity contribution < 1.29 is 9.59 Å². The number of nitrogens with one attached hydrogen (secondary N) is 1. The number of anilines is 1. The highest BCUT2D eigenvalue weighted by Crippen LogP contribution is 2.17. The first-order valence-electron chi connectivity index (χ1n) is 8.28. The molecule has 0 atom stereocenters. The largest absolute Gasteiger partial charge is 0.353 e. The summed E-state index contributed by atoms with van der Waals surface area (Å²) in [6.07, 6.45) is 7.36. The van der Waals surface area contributed by atoms with Gasteiger partial charge in [0.25, 0.3) is 0 Å². The van der Waals surface area contributed by atoms with Crippen molar-refractivity contribution in [2.75, 3.05) is 11.9 Å². The smallest absolute Gasteiger partial charge is 0.226 e. The van der Waals surface area contributed by atoms with E-state index < -0.39 is 0 Å². The van der Waals surface area contributed by atoms with Crippen molar-refractivity contribution in [2.45, 2.75) is 57.4 Å². The van der Waals surface area contributed by atoms with Crippen LogP contribution >= 0.6 is 0 Å². The van der Waals surface area contributed by atoms with Crippen molar-refractivity contribution >= 4 is 17.5 Å². The lowest BCUT2D eigenvalue weighted by atomic mass is 9.95. The highest BCUT2D eigenvalue weighted by Gasteiger charge is 2.16. The summed E-state index contributed by atoms with van der Waals surface area (Å²) in [4.78, 5) is 25.7. The van der Waals surface area contributed by atoms with Crippen LogP contribution in [0.4, 0.5) is 5.69 Å². The summed E-state index contributed by atoms with van der Waals surface area (Å²) in [6.45, 7) is 0. The van der Waals surface area contributed by atoms with Crippen LogP contribution in [0.3, 0.4) is 0 Å². The molecule has 0 saturated heterocycles. The van der Waals surface area contributed by atoms with E-state index in [0.29, 0.717) is 25.3 Å². The Morgan fingerprint density at radius 3 is 2.45 bits per heavy atom. The fraction of sp³-hybridized carbons (Fsp3) is 0.556. The molecule has 0 aliphatic heterocycles. The number of para-hydroxylation sites is 1. The molecule has 2 amide bonds. The standard InChI is InChI=1S/C18H26N2O2/c1-20(16-11-6-3-7-12-16)18(22)14-8-13-17(21)19-15-9-4-2-5-10-15/h3,6-7,11-12,15H,2,4-5,8-10,13-14H2,1H3,(H,19,21). The molecule has 22 heavy (non-hydrogen) atoms. The molecule has 0 radical (unpaired) electrons. The van der Waals surface area contributed by atoms with Crippen molar-refractivity contribution in [1.82, 2.24) is 5.32 Å². The lowest BCUT2D eigenvalue weighted by Crippen LogP contribution is -2.36. The van der Waals surface area contributed by atoms with Gasteiger partial charge in [-0.15, -0.1) is 0 Å². The molecule has 1 aliphatic rings. The molecule has 1 aromatic carbocycles. The molecule has 0 heterocycles. The summed E-state index contributed by atoms with van der Waals surface area (Å²) in [5, 5.41) is 3.09. The molecule has 0 unspecified atom stereocenters. The minimum atomic E-state index is 0.0525. The molecule has 0 bridgehead atoms. The number of rotatable bonds is 6. The maximum absolute atomic E-state index is 12.1. The van der Waals surface area contributed by atoms with Crippen LogP contribution in [-0.4, -0.2) is 24.9 Å². The van der Waals surface area contributed by atoms with Crippen molar-refractivity contribution in [3.63, 3.8) is 0 Å². The van der Waals surface area contributed by atoms with Crippen LogP contribution in [0.2, 0.25) is 0 Å². The van der Waals surface area contributed by atoms with Crippen molar-refractivity contribution in [3.05, 3.63) is 30.3 Å². The Bertz CT molecular complexity index is 481. The quantitative estimate of drug-likeness (QED) is 0.877. The van der Waals surface area contributed by atoms with Crippen LogP contribution in [0.25, 0.3) is 0 Å². The minimum absolute atomic E-state index is 0.0525. The van der Waals surface area contributed by atoms with Crippen molar-refractivity contribution in [2.24, 2.45) is 0 Å². The van der Waals surface area contributed by atoms with E-state index in [-0.39, 0.29) is 11.8 Å². The van der Waals surface area contributed by atoms with Gasteiger partial charge in [0.1, 0.15) is 0 Å². The normalized spacial score (nSPS) is 15.3.